The van der Waals surface area contributed by atoms with E-state index >= 15 is 0 Å². The van der Waals surface area contributed by atoms with Crippen LogP contribution in [0, 0.1) is 0 Å². The first kappa shape index (κ1) is 14.2. The fourth-order valence-corrected chi connectivity index (χ4v) is 4.03. The molecular weight excluding hydrogens is 310 g/mol. The number of thiophene rings is 1. The zero-order chi connectivity index (χ0) is 15.8. The quantitative estimate of drug-likeness (QED) is 0.673. The van der Waals surface area contributed by atoms with E-state index in [0.717, 1.165) is 18.2 Å². The third kappa shape index (κ3) is 2.47. The molecule has 1 atom stereocenters. The molecule has 1 aliphatic rings. The third-order valence-corrected chi connectivity index (χ3v) is 5.23. The van der Waals surface area contributed by atoms with Crippen LogP contribution in [0.15, 0.2) is 57.1 Å². The maximum absolute atomic E-state index is 12.9. The molecule has 1 saturated heterocycles. The van der Waals surface area contributed by atoms with Crippen molar-refractivity contribution in [3.8, 4) is 0 Å². The zero-order valence-corrected chi connectivity index (χ0v) is 13.2. The largest absolute Gasteiger partial charge is 0.422 e. The molecule has 1 unspecified atom stereocenters. The smallest absolute Gasteiger partial charge is 0.349 e. The van der Waals surface area contributed by atoms with Crippen LogP contribution in [0.4, 0.5) is 0 Å². The van der Waals surface area contributed by atoms with Gasteiger partial charge in [-0.2, -0.15) is 0 Å². The van der Waals surface area contributed by atoms with Gasteiger partial charge in [0.25, 0.3) is 5.91 Å². The van der Waals surface area contributed by atoms with Crippen molar-refractivity contribution in [3.05, 3.63) is 68.7 Å². The number of benzene rings is 1. The molecule has 116 valence electrons. The van der Waals surface area contributed by atoms with Gasteiger partial charge in [0.05, 0.1) is 6.04 Å². The Morgan fingerprint density at radius 1 is 1.22 bits per heavy atom. The number of carbonyl (C=O) groups excluding carboxylic acids is 1. The zero-order valence-electron chi connectivity index (χ0n) is 12.4. The minimum Gasteiger partial charge on any atom is -0.422 e. The molecule has 0 bridgehead atoms. The highest BCUT2D eigenvalue weighted by molar-refractivity contribution is 7.10. The Morgan fingerprint density at radius 3 is 2.91 bits per heavy atom. The van der Waals surface area contributed by atoms with Gasteiger partial charge >= 0.3 is 5.63 Å². The van der Waals surface area contributed by atoms with Gasteiger partial charge in [-0.1, -0.05) is 24.3 Å². The average Bonchev–Trinajstić information content (AvgIpc) is 3.24. The molecule has 2 aromatic heterocycles. The fourth-order valence-electron chi connectivity index (χ4n) is 3.15. The molecule has 1 aliphatic heterocycles. The van der Waals surface area contributed by atoms with Crippen molar-refractivity contribution < 1.29 is 9.21 Å². The summed E-state index contributed by atoms with van der Waals surface area (Å²) in [5.74, 6) is -0.236. The normalized spacial score (nSPS) is 17.7. The van der Waals surface area contributed by atoms with Crippen molar-refractivity contribution >= 4 is 28.2 Å². The molecule has 4 rings (SSSR count). The van der Waals surface area contributed by atoms with Crippen LogP contribution in [0.3, 0.4) is 0 Å². The topological polar surface area (TPSA) is 50.5 Å². The minimum absolute atomic E-state index is 0.0633. The van der Waals surface area contributed by atoms with Crippen LogP contribution in [0.2, 0.25) is 0 Å². The van der Waals surface area contributed by atoms with E-state index in [2.05, 4.69) is 0 Å². The lowest BCUT2D eigenvalue weighted by Gasteiger charge is -2.23. The van der Waals surface area contributed by atoms with Crippen LogP contribution in [0.25, 0.3) is 11.0 Å². The predicted molar refractivity (Wildman–Crippen MR) is 89.8 cm³/mol. The second kappa shape index (κ2) is 5.66. The van der Waals surface area contributed by atoms with Crippen molar-refractivity contribution in [3.63, 3.8) is 0 Å². The molecule has 0 spiro atoms. The summed E-state index contributed by atoms with van der Waals surface area (Å²) in [6.07, 6.45) is 1.89. The molecule has 0 radical (unpaired) electrons. The van der Waals surface area contributed by atoms with E-state index in [4.69, 9.17) is 4.42 Å². The number of para-hydroxylation sites is 1. The Hall–Kier alpha value is -2.40. The summed E-state index contributed by atoms with van der Waals surface area (Å²) in [7, 11) is 0. The number of hydrogen-bond donors (Lipinski definition) is 0. The number of amides is 1. The molecule has 0 N–H and O–H groups in total. The van der Waals surface area contributed by atoms with Gasteiger partial charge in [-0.05, 0) is 36.4 Å². The number of fused-ring (bicyclic) bond motifs is 1. The summed E-state index contributed by atoms with van der Waals surface area (Å²) in [4.78, 5) is 28.1. The molecule has 3 heterocycles. The highest BCUT2D eigenvalue weighted by atomic mass is 32.1. The first-order chi connectivity index (χ1) is 11.2. The predicted octanol–water partition coefficient (Wildman–Crippen LogP) is 3.83. The third-order valence-electron chi connectivity index (χ3n) is 4.26. The van der Waals surface area contributed by atoms with Crippen molar-refractivity contribution in [2.24, 2.45) is 0 Å². The Bertz CT molecular complexity index is 913. The summed E-state index contributed by atoms with van der Waals surface area (Å²) >= 11 is 1.65. The van der Waals surface area contributed by atoms with Gasteiger partial charge in [0, 0.05) is 16.8 Å². The molecular formula is C18H15NO3S. The molecule has 1 aromatic carbocycles. The van der Waals surface area contributed by atoms with E-state index in [-0.39, 0.29) is 17.5 Å². The average molecular weight is 325 g/mol. The Morgan fingerprint density at radius 2 is 2.09 bits per heavy atom. The van der Waals surface area contributed by atoms with Crippen LogP contribution in [-0.4, -0.2) is 17.4 Å². The molecule has 5 heteroatoms. The SMILES string of the molecule is O=C(c1cc2ccccc2oc1=O)N1CCCC1c1cccs1. The number of nitrogens with zero attached hydrogens (tertiary/aromatic N) is 1. The minimum atomic E-state index is -0.564. The molecule has 23 heavy (non-hydrogen) atoms. The van der Waals surface area contributed by atoms with E-state index in [9.17, 15) is 9.59 Å². The van der Waals surface area contributed by atoms with Gasteiger partial charge in [-0.15, -0.1) is 11.3 Å². The first-order valence-electron chi connectivity index (χ1n) is 7.61. The summed E-state index contributed by atoms with van der Waals surface area (Å²) < 4.78 is 5.30. The van der Waals surface area contributed by atoms with Crippen molar-refractivity contribution in [1.29, 1.82) is 0 Å². The highest BCUT2D eigenvalue weighted by Crippen LogP contribution is 2.35. The van der Waals surface area contributed by atoms with Crippen LogP contribution < -0.4 is 5.63 Å². The Labute approximate surface area is 137 Å². The van der Waals surface area contributed by atoms with Gasteiger partial charge < -0.3 is 9.32 Å². The van der Waals surface area contributed by atoms with Crippen LogP contribution >= 0.6 is 11.3 Å². The van der Waals surface area contributed by atoms with E-state index in [0.29, 0.717) is 12.1 Å². The molecule has 1 fully saturated rings. The Kier molecular flexibility index (Phi) is 3.50. The second-order valence-electron chi connectivity index (χ2n) is 5.66. The van der Waals surface area contributed by atoms with Crippen LogP contribution in [0.1, 0.15) is 34.1 Å². The summed E-state index contributed by atoms with van der Waals surface area (Å²) in [6, 6.07) is 13.0. The van der Waals surface area contributed by atoms with Gasteiger partial charge in [0.2, 0.25) is 0 Å². The van der Waals surface area contributed by atoms with Crippen molar-refractivity contribution in [2.75, 3.05) is 6.54 Å². The van der Waals surface area contributed by atoms with Crippen molar-refractivity contribution in [2.45, 2.75) is 18.9 Å². The van der Waals surface area contributed by atoms with Gasteiger partial charge in [0.1, 0.15) is 11.1 Å². The number of likely N-dealkylation sites (tertiary alicyclic amines) is 1. The van der Waals surface area contributed by atoms with Crippen LogP contribution in [0.5, 0.6) is 0 Å². The lowest BCUT2D eigenvalue weighted by Crippen LogP contribution is -2.33. The summed E-state index contributed by atoms with van der Waals surface area (Å²) in [5.41, 5.74) is 0.0583. The maximum atomic E-state index is 12.9. The lowest BCUT2D eigenvalue weighted by atomic mass is 10.1. The van der Waals surface area contributed by atoms with Crippen molar-refractivity contribution in [1.82, 2.24) is 4.90 Å². The number of hydrogen-bond acceptors (Lipinski definition) is 4. The lowest BCUT2D eigenvalue weighted by molar-refractivity contribution is 0.0734. The fraction of sp³-hybridized carbons (Fsp3) is 0.222. The molecule has 4 nitrogen and oxygen atoms in total. The summed E-state index contributed by atoms with van der Waals surface area (Å²) in [5, 5.41) is 2.78. The van der Waals surface area contributed by atoms with Gasteiger partial charge in [-0.3, -0.25) is 4.79 Å². The highest BCUT2D eigenvalue weighted by Gasteiger charge is 2.32. The molecule has 0 aliphatic carbocycles. The second-order valence-corrected chi connectivity index (χ2v) is 6.64. The first-order valence-corrected chi connectivity index (χ1v) is 8.49. The number of rotatable bonds is 2. The standard InChI is InChI=1S/C18H15NO3S/c20-17(19-9-3-6-14(19)16-8-4-10-23-16)13-11-12-5-1-2-7-15(12)22-18(13)21/h1-2,4-5,7-8,10-11,14H,3,6,9H2. The number of carbonyl (C=O) groups is 1. The van der Waals surface area contributed by atoms with E-state index in [1.165, 1.54) is 4.88 Å². The monoisotopic (exact) mass is 325 g/mol. The van der Waals surface area contributed by atoms with Crippen LogP contribution in [-0.2, 0) is 0 Å². The van der Waals surface area contributed by atoms with E-state index < -0.39 is 5.63 Å². The molecule has 3 aromatic rings. The molecule has 0 saturated carbocycles. The van der Waals surface area contributed by atoms with E-state index in [1.807, 2.05) is 29.6 Å². The Balaban J connectivity index is 1.74. The van der Waals surface area contributed by atoms with Gasteiger partial charge in [-0.25, -0.2) is 4.79 Å². The van der Waals surface area contributed by atoms with Gasteiger partial charge in [0.15, 0.2) is 0 Å². The summed E-state index contributed by atoms with van der Waals surface area (Å²) in [6.45, 7) is 0.674. The maximum Gasteiger partial charge on any atom is 0.349 e. The molecule has 1 amide bonds. The van der Waals surface area contributed by atoms with E-state index in [1.54, 1.807) is 34.4 Å².